The monoisotopic (exact) mass is 412 g/mol. The van der Waals surface area contributed by atoms with Gasteiger partial charge in [0.25, 0.3) is 5.91 Å². The summed E-state index contributed by atoms with van der Waals surface area (Å²) in [5, 5.41) is 12.3. The molecule has 0 unspecified atom stereocenters. The topological polar surface area (TPSA) is 88.4 Å². The van der Waals surface area contributed by atoms with Crippen LogP contribution in [0.1, 0.15) is 26.3 Å². The largest absolute Gasteiger partial charge is 0.497 e. The summed E-state index contributed by atoms with van der Waals surface area (Å²) in [7, 11) is 3.07. The summed E-state index contributed by atoms with van der Waals surface area (Å²) in [6.07, 6.45) is 1.49. The van der Waals surface area contributed by atoms with Gasteiger partial charge in [-0.3, -0.25) is 9.59 Å². The highest BCUT2D eigenvalue weighted by Gasteiger charge is 2.13. The minimum atomic E-state index is -0.408. The number of allylic oxidation sites excluding steroid dienone is 1. The molecular weight excluding hydrogens is 392 g/mol. The molecule has 0 spiro atoms. The Kier molecular flexibility index (Phi) is 6.82. The summed E-state index contributed by atoms with van der Waals surface area (Å²) in [4.78, 5) is 25.2. The molecule has 0 aromatic heterocycles. The maximum atomic E-state index is 12.7. The molecule has 0 heterocycles. The van der Waals surface area contributed by atoms with Crippen LogP contribution in [0.3, 0.4) is 0 Å². The number of nitrogens with zero attached hydrogens (tertiary/aromatic N) is 1. The van der Waals surface area contributed by atoms with Crippen LogP contribution in [0.25, 0.3) is 6.08 Å². The lowest BCUT2D eigenvalue weighted by Gasteiger charge is -2.07. The molecule has 0 fully saturated rings. The van der Waals surface area contributed by atoms with Crippen molar-refractivity contribution in [2.45, 2.75) is 0 Å². The Morgan fingerprint density at radius 3 is 2.26 bits per heavy atom. The van der Waals surface area contributed by atoms with Crippen LogP contribution in [-0.2, 0) is 0 Å². The lowest BCUT2D eigenvalue weighted by molar-refractivity contribution is 0.102. The average Bonchev–Trinajstić information content (AvgIpc) is 2.82. The SMILES string of the molecule is COc1ccc(C(=O)Nc2cccc(C=C(C#N)C(=O)c3cccc(OC)c3)c2)cc1. The Morgan fingerprint density at radius 2 is 1.58 bits per heavy atom. The Bertz CT molecular complexity index is 1170. The molecule has 3 aromatic rings. The van der Waals surface area contributed by atoms with E-state index < -0.39 is 5.78 Å². The van der Waals surface area contributed by atoms with Gasteiger partial charge in [-0.1, -0.05) is 24.3 Å². The number of rotatable bonds is 7. The summed E-state index contributed by atoms with van der Waals surface area (Å²) in [5.41, 5.74) is 1.97. The molecule has 0 aliphatic carbocycles. The van der Waals surface area contributed by atoms with E-state index in [4.69, 9.17) is 9.47 Å². The van der Waals surface area contributed by atoms with Gasteiger partial charge in [-0.15, -0.1) is 0 Å². The van der Waals surface area contributed by atoms with Gasteiger partial charge in [0, 0.05) is 16.8 Å². The van der Waals surface area contributed by atoms with Crippen molar-refractivity contribution >= 4 is 23.5 Å². The van der Waals surface area contributed by atoms with E-state index in [1.54, 1.807) is 79.9 Å². The maximum absolute atomic E-state index is 12.7. The van der Waals surface area contributed by atoms with Crippen molar-refractivity contribution in [3.63, 3.8) is 0 Å². The van der Waals surface area contributed by atoms with E-state index in [9.17, 15) is 14.9 Å². The van der Waals surface area contributed by atoms with Crippen LogP contribution in [0.4, 0.5) is 5.69 Å². The predicted molar refractivity (Wildman–Crippen MR) is 118 cm³/mol. The van der Waals surface area contributed by atoms with E-state index in [1.807, 2.05) is 6.07 Å². The molecule has 1 amide bonds. The Hall–Kier alpha value is -4.37. The molecule has 0 aliphatic rings. The number of benzene rings is 3. The second-order valence-electron chi connectivity index (χ2n) is 6.54. The third kappa shape index (κ3) is 5.37. The first-order valence-electron chi connectivity index (χ1n) is 9.40. The molecule has 6 heteroatoms. The van der Waals surface area contributed by atoms with Crippen LogP contribution in [0, 0.1) is 11.3 Å². The van der Waals surface area contributed by atoms with E-state index in [1.165, 1.54) is 13.2 Å². The van der Waals surface area contributed by atoms with E-state index in [-0.39, 0.29) is 11.5 Å². The van der Waals surface area contributed by atoms with Gasteiger partial charge >= 0.3 is 0 Å². The molecule has 0 saturated carbocycles. The number of anilines is 1. The van der Waals surface area contributed by atoms with Crippen LogP contribution in [-0.4, -0.2) is 25.9 Å². The zero-order valence-electron chi connectivity index (χ0n) is 17.1. The lowest BCUT2D eigenvalue weighted by atomic mass is 10.0. The second kappa shape index (κ2) is 9.90. The summed E-state index contributed by atoms with van der Waals surface area (Å²) >= 11 is 0. The van der Waals surface area contributed by atoms with E-state index in [0.717, 1.165) is 0 Å². The number of hydrogen-bond acceptors (Lipinski definition) is 5. The molecular formula is C25H20N2O4. The Balaban J connectivity index is 1.80. The number of nitriles is 1. The van der Waals surface area contributed by atoms with E-state index in [2.05, 4.69) is 5.32 Å². The van der Waals surface area contributed by atoms with Gasteiger partial charge < -0.3 is 14.8 Å². The van der Waals surface area contributed by atoms with Crippen LogP contribution in [0.2, 0.25) is 0 Å². The molecule has 6 nitrogen and oxygen atoms in total. The first-order chi connectivity index (χ1) is 15.0. The predicted octanol–water partition coefficient (Wildman–Crippen LogP) is 4.75. The first kappa shape index (κ1) is 21.3. The van der Waals surface area contributed by atoms with Crippen molar-refractivity contribution in [1.82, 2.24) is 0 Å². The summed E-state index contributed by atoms with van der Waals surface area (Å²) in [5.74, 6) is 0.505. The third-order valence-corrected chi connectivity index (χ3v) is 4.50. The zero-order chi connectivity index (χ0) is 22.2. The number of carbonyl (C=O) groups is 2. The second-order valence-corrected chi connectivity index (χ2v) is 6.54. The van der Waals surface area contributed by atoms with Gasteiger partial charge in [-0.25, -0.2) is 0 Å². The molecule has 0 radical (unpaired) electrons. The third-order valence-electron chi connectivity index (χ3n) is 4.50. The molecule has 3 aromatic carbocycles. The van der Waals surface area contributed by atoms with Gasteiger partial charge in [0.1, 0.15) is 23.1 Å². The Morgan fingerprint density at radius 1 is 0.871 bits per heavy atom. The van der Waals surface area contributed by atoms with Crippen molar-refractivity contribution in [3.05, 3.63) is 95.1 Å². The fourth-order valence-corrected chi connectivity index (χ4v) is 2.89. The summed E-state index contributed by atoms with van der Waals surface area (Å²) in [6.45, 7) is 0. The minimum Gasteiger partial charge on any atom is -0.497 e. The number of methoxy groups -OCH3 is 2. The number of ketones is 1. The number of hydrogen-bond donors (Lipinski definition) is 1. The van der Waals surface area contributed by atoms with E-state index >= 15 is 0 Å². The molecule has 0 saturated heterocycles. The number of Topliss-reactive ketones (excluding diaryl/α,β-unsaturated/α-hetero) is 1. The van der Waals surface area contributed by atoms with Crippen LogP contribution in [0.5, 0.6) is 11.5 Å². The lowest BCUT2D eigenvalue weighted by Crippen LogP contribution is -2.11. The van der Waals surface area contributed by atoms with Crippen molar-refractivity contribution in [3.8, 4) is 17.6 Å². The highest BCUT2D eigenvalue weighted by molar-refractivity contribution is 6.14. The van der Waals surface area contributed by atoms with Gasteiger partial charge in [0.15, 0.2) is 0 Å². The molecule has 31 heavy (non-hydrogen) atoms. The molecule has 0 bridgehead atoms. The highest BCUT2D eigenvalue weighted by atomic mass is 16.5. The minimum absolute atomic E-state index is 0.0214. The van der Waals surface area contributed by atoms with Crippen molar-refractivity contribution in [2.24, 2.45) is 0 Å². The fraction of sp³-hybridized carbons (Fsp3) is 0.0800. The molecule has 3 rings (SSSR count). The summed E-state index contributed by atoms with van der Waals surface area (Å²) in [6, 6.07) is 22.2. The van der Waals surface area contributed by atoms with Crippen LogP contribution >= 0.6 is 0 Å². The smallest absolute Gasteiger partial charge is 0.255 e. The first-order valence-corrected chi connectivity index (χ1v) is 9.40. The van der Waals surface area contributed by atoms with Gasteiger partial charge in [-0.2, -0.15) is 5.26 Å². The van der Waals surface area contributed by atoms with Gasteiger partial charge in [0.05, 0.1) is 14.2 Å². The molecule has 1 N–H and O–H groups in total. The zero-order valence-corrected chi connectivity index (χ0v) is 17.1. The number of ether oxygens (including phenoxy) is 2. The maximum Gasteiger partial charge on any atom is 0.255 e. The van der Waals surface area contributed by atoms with Crippen LogP contribution < -0.4 is 14.8 Å². The average molecular weight is 412 g/mol. The van der Waals surface area contributed by atoms with Crippen molar-refractivity contribution in [1.29, 1.82) is 5.26 Å². The fourth-order valence-electron chi connectivity index (χ4n) is 2.89. The quantitative estimate of drug-likeness (QED) is 0.344. The highest BCUT2D eigenvalue weighted by Crippen LogP contribution is 2.20. The van der Waals surface area contributed by atoms with E-state index in [0.29, 0.717) is 33.9 Å². The normalized spacial score (nSPS) is 10.7. The standard InChI is InChI=1S/C25H20N2O4/c1-30-22-11-9-18(10-12-22)25(29)27-21-7-3-5-17(14-21)13-20(16-26)24(28)19-6-4-8-23(15-19)31-2/h3-15H,1-2H3,(H,27,29). The number of carbonyl (C=O) groups excluding carboxylic acids is 2. The molecule has 0 atom stereocenters. The van der Waals surface area contributed by atoms with Crippen molar-refractivity contribution < 1.29 is 19.1 Å². The van der Waals surface area contributed by atoms with Crippen molar-refractivity contribution in [2.75, 3.05) is 19.5 Å². The number of nitrogens with one attached hydrogen (secondary N) is 1. The number of amides is 1. The van der Waals surface area contributed by atoms with Gasteiger partial charge in [0.2, 0.25) is 5.78 Å². The molecule has 0 aliphatic heterocycles. The molecule has 154 valence electrons. The summed E-state index contributed by atoms with van der Waals surface area (Å²) < 4.78 is 10.2. The Labute approximate surface area is 180 Å². The van der Waals surface area contributed by atoms with Crippen LogP contribution in [0.15, 0.2) is 78.4 Å². The van der Waals surface area contributed by atoms with Gasteiger partial charge in [-0.05, 0) is 60.2 Å².